The Morgan fingerprint density at radius 2 is 2.17 bits per heavy atom. The van der Waals surface area contributed by atoms with Gasteiger partial charge in [0.1, 0.15) is 5.40 Å². The van der Waals surface area contributed by atoms with E-state index in [-0.39, 0.29) is 11.6 Å². The molecule has 2 fully saturated rings. The maximum Gasteiger partial charge on any atom is 0.265 e. The second kappa shape index (κ2) is 4.45. The Labute approximate surface area is 109 Å². The van der Waals surface area contributed by atoms with Crippen LogP contribution in [0.4, 0.5) is 0 Å². The van der Waals surface area contributed by atoms with Crippen molar-refractivity contribution in [2.45, 2.75) is 48.6 Å². The zero-order valence-electron chi connectivity index (χ0n) is 9.87. The summed E-state index contributed by atoms with van der Waals surface area (Å²) in [5.41, 5.74) is 0.987. The normalized spacial score (nSPS) is 26.4. The molecular formula is C13H14N2O2S. The van der Waals surface area contributed by atoms with Gasteiger partial charge in [-0.05, 0) is 55.0 Å². The Balaban J connectivity index is 2.05. The van der Waals surface area contributed by atoms with Crippen LogP contribution in [0.5, 0.6) is 0 Å². The minimum absolute atomic E-state index is 0.103. The Morgan fingerprint density at radius 3 is 2.67 bits per heavy atom. The van der Waals surface area contributed by atoms with E-state index in [1.165, 1.54) is 0 Å². The molecular weight excluding hydrogens is 248 g/mol. The van der Waals surface area contributed by atoms with Gasteiger partial charge >= 0.3 is 0 Å². The average Bonchev–Trinajstić information content (AvgIpc) is 3.16. The van der Waals surface area contributed by atoms with E-state index in [9.17, 15) is 9.90 Å². The molecule has 0 unspecified atom stereocenters. The minimum Gasteiger partial charge on any atom is -0.391 e. The molecule has 1 heterocycles. The largest absolute Gasteiger partial charge is 0.391 e. The fraction of sp³-hybridized carbons (Fsp3) is 0.538. The van der Waals surface area contributed by atoms with Crippen LogP contribution >= 0.6 is 11.8 Å². The molecule has 5 heteroatoms. The van der Waals surface area contributed by atoms with Gasteiger partial charge in [-0.1, -0.05) is 0 Å². The van der Waals surface area contributed by atoms with Gasteiger partial charge < -0.3 is 9.67 Å². The van der Waals surface area contributed by atoms with Gasteiger partial charge in [0.2, 0.25) is 0 Å². The molecule has 94 valence electrons. The summed E-state index contributed by atoms with van der Waals surface area (Å²) in [4.78, 5) is 12.7. The Hall–Kier alpha value is -1.25. The van der Waals surface area contributed by atoms with E-state index in [0.29, 0.717) is 10.8 Å². The van der Waals surface area contributed by atoms with Gasteiger partial charge in [0.15, 0.2) is 0 Å². The van der Waals surface area contributed by atoms with E-state index in [2.05, 4.69) is 0 Å². The van der Waals surface area contributed by atoms with Crippen molar-refractivity contribution in [1.82, 2.24) is 4.57 Å². The molecule has 0 amide bonds. The third-order valence-electron chi connectivity index (χ3n) is 3.80. The van der Waals surface area contributed by atoms with E-state index in [1.54, 1.807) is 4.57 Å². The summed E-state index contributed by atoms with van der Waals surface area (Å²) < 4.78 is 1.64. The molecule has 1 aromatic rings. The first-order chi connectivity index (χ1) is 8.70. The summed E-state index contributed by atoms with van der Waals surface area (Å²) in [7, 11) is 0. The first-order valence-electron chi connectivity index (χ1n) is 6.21. The van der Waals surface area contributed by atoms with Crippen molar-refractivity contribution in [1.29, 1.82) is 5.26 Å². The standard InChI is InChI=1S/C13H14N2O2S/c14-7-18-12-5-9(8-1-2-8)6-15(13(12)17)10-3-4-11(10)16/h5-6,8,10-11,16H,1-4H2/t10-,11-/m1/s1. The second-order valence-electron chi connectivity index (χ2n) is 5.03. The van der Waals surface area contributed by atoms with E-state index >= 15 is 0 Å². The monoisotopic (exact) mass is 262 g/mol. The predicted octanol–water partition coefficient (Wildman–Crippen LogP) is 1.99. The highest BCUT2D eigenvalue weighted by Crippen LogP contribution is 2.41. The maximum absolute atomic E-state index is 12.2. The molecule has 2 atom stereocenters. The van der Waals surface area contributed by atoms with Crippen LogP contribution in [0.3, 0.4) is 0 Å². The smallest absolute Gasteiger partial charge is 0.265 e. The van der Waals surface area contributed by atoms with Crippen molar-refractivity contribution >= 4 is 11.8 Å². The number of thioether (sulfide) groups is 1. The number of aliphatic hydroxyl groups is 1. The molecule has 3 rings (SSSR count). The molecule has 0 radical (unpaired) electrons. The molecule has 18 heavy (non-hydrogen) atoms. The lowest BCUT2D eigenvalue weighted by molar-refractivity contribution is 0.0293. The van der Waals surface area contributed by atoms with Gasteiger partial charge in [-0.3, -0.25) is 4.79 Å². The van der Waals surface area contributed by atoms with Gasteiger partial charge in [0.25, 0.3) is 5.56 Å². The molecule has 2 aliphatic rings. The van der Waals surface area contributed by atoms with Gasteiger partial charge in [-0.15, -0.1) is 0 Å². The van der Waals surface area contributed by atoms with E-state index < -0.39 is 6.10 Å². The van der Waals surface area contributed by atoms with E-state index in [0.717, 1.165) is 43.0 Å². The molecule has 0 bridgehead atoms. The SMILES string of the molecule is N#CSc1cc(C2CC2)cn([C@@H]2CC[C@H]2O)c1=O. The highest BCUT2D eigenvalue weighted by Gasteiger charge is 2.33. The molecule has 2 aliphatic carbocycles. The maximum atomic E-state index is 12.2. The third-order valence-corrected chi connectivity index (χ3v) is 4.40. The summed E-state index contributed by atoms with van der Waals surface area (Å²) >= 11 is 0.919. The van der Waals surface area contributed by atoms with E-state index in [4.69, 9.17) is 5.26 Å². The fourth-order valence-corrected chi connectivity index (χ4v) is 2.88. The predicted molar refractivity (Wildman–Crippen MR) is 68.4 cm³/mol. The molecule has 4 nitrogen and oxygen atoms in total. The summed E-state index contributed by atoms with van der Waals surface area (Å²) in [6.45, 7) is 0. The minimum atomic E-state index is -0.419. The number of rotatable bonds is 3. The number of hydrogen-bond acceptors (Lipinski definition) is 4. The lowest BCUT2D eigenvalue weighted by atomic mass is 9.89. The summed E-state index contributed by atoms with van der Waals surface area (Å²) in [5, 5.41) is 20.4. The van der Waals surface area contributed by atoms with Crippen LogP contribution in [0.15, 0.2) is 22.0 Å². The first-order valence-corrected chi connectivity index (χ1v) is 7.02. The van der Waals surface area contributed by atoms with Crippen LogP contribution in [0.25, 0.3) is 0 Å². The van der Waals surface area contributed by atoms with Gasteiger partial charge in [0, 0.05) is 6.20 Å². The van der Waals surface area contributed by atoms with Crippen LogP contribution in [0.1, 0.15) is 43.2 Å². The summed E-state index contributed by atoms with van der Waals surface area (Å²) in [5.74, 6) is 0.534. The molecule has 0 aromatic carbocycles. The lowest BCUT2D eigenvalue weighted by Gasteiger charge is -2.34. The molecule has 0 spiro atoms. The zero-order valence-corrected chi connectivity index (χ0v) is 10.7. The Kier molecular flexibility index (Phi) is 2.92. The molecule has 0 aliphatic heterocycles. The number of pyridine rings is 1. The van der Waals surface area contributed by atoms with Crippen LogP contribution < -0.4 is 5.56 Å². The summed E-state index contributed by atoms with van der Waals surface area (Å²) in [6, 6.07) is 1.74. The number of thiocyanates is 1. The van der Waals surface area contributed by atoms with Crippen molar-refractivity contribution in [3.8, 4) is 5.40 Å². The highest BCUT2D eigenvalue weighted by atomic mass is 32.2. The molecule has 1 N–H and O–H groups in total. The Morgan fingerprint density at radius 1 is 1.39 bits per heavy atom. The zero-order chi connectivity index (χ0) is 12.7. The average molecular weight is 262 g/mol. The van der Waals surface area contributed by atoms with Crippen LogP contribution in [-0.2, 0) is 0 Å². The fourth-order valence-electron chi connectivity index (χ4n) is 2.39. The van der Waals surface area contributed by atoms with E-state index in [1.807, 2.05) is 17.7 Å². The quantitative estimate of drug-likeness (QED) is 0.668. The number of hydrogen-bond donors (Lipinski definition) is 1. The highest BCUT2D eigenvalue weighted by molar-refractivity contribution is 8.03. The second-order valence-corrected chi connectivity index (χ2v) is 5.86. The summed E-state index contributed by atoms with van der Waals surface area (Å²) in [6.07, 6.45) is 5.37. The number of nitrogens with zero attached hydrogens (tertiary/aromatic N) is 2. The molecule has 0 saturated heterocycles. The lowest BCUT2D eigenvalue weighted by Crippen LogP contribution is -2.39. The topological polar surface area (TPSA) is 66.0 Å². The number of aliphatic hydroxyl groups excluding tert-OH is 1. The van der Waals surface area contributed by atoms with Gasteiger partial charge in [-0.25, -0.2) is 0 Å². The van der Waals surface area contributed by atoms with Crippen molar-refractivity contribution in [2.75, 3.05) is 0 Å². The van der Waals surface area contributed by atoms with Crippen molar-refractivity contribution in [3.05, 3.63) is 28.2 Å². The van der Waals surface area contributed by atoms with Crippen LogP contribution in [0, 0.1) is 10.7 Å². The van der Waals surface area contributed by atoms with Crippen LogP contribution in [0.2, 0.25) is 0 Å². The first kappa shape index (κ1) is 11.8. The Bertz CT molecular complexity index is 571. The number of aromatic nitrogens is 1. The third kappa shape index (κ3) is 1.96. The van der Waals surface area contributed by atoms with Crippen molar-refractivity contribution < 1.29 is 5.11 Å². The van der Waals surface area contributed by atoms with Crippen molar-refractivity contribution in [3.63, 3.8) is 0 Å². The van der Waals surface area contributed by atoms with Gasteiger partial charge in [-0.2, -0.15) is 5.26 Å². The van der Waals surface area contributed by atoms with Gasteiger partial charge in [0.05, 0.1) is 17.0 Å². The molecule has 1 aromatic heterocycles. The van der Waals surface area contributed by atoms with Crippen molar-refractivity contribution in [2.24, 2.45) is 0 Å². The number of nitriles is 1. The van der Waals surface area contributed by atoms with Crippen LogP contribution in [-0.4, -0.2) is 15.8 Å². The molecule has 2 saturated carbocycles.